The fourth-order valence-electron chi connectivity index (χ4n) is 3.46. The van der Waals surface area contributed by atoms with Crippen LogP contribution in [0.25, 0.3) is 22.9 Å². The highest BCUT2D eigenvalue weighted by Crippen LogP contribution is 2.22. The summed E-state index contributed by atoms with van der Waals surface area (Å²) in [7, 11) is 1.41. The van der Waals surface area contributed by atoms with E-state index < -0.39 is 11.2 Å². The zero-order chi connectivity index (χ0) is 20.5. The van der Waals surface area contributed by atoms with Crippen LogP contribution in [-0.4, -0.2) is 55.4 Å². The fraction of sp³-hybridized carbons (Fsp3) is 0.450. The molecule has 1 saturated heterocycles. The van der Waals surface area contributed by atoms with Crippen LogP contribution in [0, 0.1) is 0 Å². The van der Waals surface area contributed by atoms with Crippen LogP contribution in [0.4, 0.5) is 0 Å². The summed E-state index contributed by atoms with van der Waals surface area (Å²) in [5, 5.41) is 7.92. The maximum Gasteiger partial charge on any atom is 0.352 e. The molecule has 0 amide bonds. The largest absolute Gasteiger partial charge is 0.352 e. The molecule has 0 unspecified atom stereocenters. The molecule has 0 bridgehead atoms. The Kier molecular flexibility index (Phi) is 5.25. The van der Waals surface area contributed by atoms with Crippen molar-refractivity contribution in [3.63, 3.8) is 0 Å². The van der Waals surface area contributed by atoms with Gasteiger partial charge in [0, 0.05) is 51.4 Å². The molecular formula is C20H25N7O2. The first-order valence-electron chi connectivity index (χ1n) is 9.84. The summed E-state index contributed by atoms with van der Waals surface area (Å²) < 4.78 is 2.56. The first-order chi connectivity index (χ1) is 13.9. The average molecular weight is 395 g/mol. The van der Waals surface area contributed by atoms with E-state index in [1.54, 1.807) is 4.68 Å². The maximum absolute atomic E-state index is 12.6. The zero-order valence-corrected chi connectivity index (χ0v) is 16.9. The van der Waals surface area contributed by atoms with E-state index in [0.29, 0.717) is 5.82 Å². The molecule has 0 saturated carbocycles. The number of benzene rings is 1. The molecule has 1 fully saturated rings. The van der Waals surface area contributed by atoms with Gasteiger partial charge >= 0.3 is 5.69 Å². The Morgan fingerprint density at radius 1 is 1.07 bits per heavy atom. The lowest BCUT2D eigenvalue weighted by Crippen LogP contribution is -2.42. The molecule has 9 nitrogen and oxygen atoms in total. The molecule has 0 aromatic heterocycles. The highest BCUT2D eigenvalue weighted by Gasteiger charge is 2.22. The third kappa shape index (κ3) is 3.83. The lowest BCUT2D eigenvalue weighted by molar-refractivity contribution is 0.233. The molecule has 0 aliphatic carbocycles. The second-order valence-electron chi connectivity index (χ2n) is 7.63. The Hall–Kier alpha value is -2.91. The van der Waals surface area contributed by atoms with Crippen LogP contribution in [0.15, 0.2) is 33.9 Å². The maximum atomic E-state index is 12.6. The highest BCUT2D eigenvalue weighted by atomic mass is 16.2. The molecule has 0 spiro atoms. The van der Waals surface area contributed by atoms with Gasteiger partial charge in [0.25, 0.3) is 5.56 Å². The van der Waals surface area contributed by atoms with E-state index in [2.05, 4.69) is 37.4 Å². The van der Waals surface area contributed by atoms with Crippen LogP contribution < -0.4 is 16.6 Å². The molecule has 4 rings (SSSR count). The second-order valence-corrected chi connectivity index (χ2v) is 7.63. The van der Waals surface area contributed by atoms with Gasteiger partial charge in [0.05, 0.1) is 0 Å². The number of hydrogen-bond acceptors (Lipinski definition) is 7. The predicted octanol–water partition coefficient (Wildman–Crippen LogP) is 0.490. The lowest BCUT2D eigenvalue weighted by Gasteiger charge is -2.27. The van der Waals surface area contributed by atoms with E-state index in [-0.39, 0.29) is 17.6 Å². The zero-order valence-electron chi connectivity index (χ0n) is 16.9. The van der Waals surface area contributed by atoms with Crippen molar-refractivity contribution >= 4 is 0 Å². The van der Waals surface area contributed by atoms with Gasteiger partial charge in [-0.1, -0.05) is 24.3 Å². The third-order valence-electron chi connectivity index (χ3n) is 5.16. The summed E-state index contributed by atoms with van der Waals surface area (Å²) >= 11 is 0. The number of fused-ring (bicyclic) bond motifs is 1. The minimum Gasteiger partial charge on any atom is -0.314 e. The van der Waals surface area contributed by atoms with Gasteiger partial charge in [-0.3, -0.25) is 14.3 Å². The Morgan fingerprint density at radius 3 is 2.41 bits per heavy atom. The van der Waals surface area contributed by atoms with Crippen molar-refractivity contribution in [2.45, 2.75) is 26.4 Å². The minimum atomic E-state index is -0.606. The predicted molar refractivity (Wildman–Crippen MR) is 110 cm³/mol. The SMILES string of the molecule is CC(C)n1nc(-c2ccc(CN3CCNCC3)cc2)nc2c(=O)n(C)c(=O)nc1-2. The molecule has 0 atom stereocenters. The number of aromatic nitrogens is 5. The van der Waals surface area contributed by atoms with Gasteiger partial charge in [0.1, 0.15) is 0 Å². The third-order valence-corrected chi connectivity index (χ3v) is 5.16. The van der Waals surface area contributed by atoms with Crippen molar-refractivity contribution < 1.29 is 0 Å². The van der Waals surface area contributed by atoms with Gasteiger partial charge < -0.3 is 5.32 Å². The quantitative estimate of drug-likeness (QED) is 0.686. The monoisotopic (exact) mass is 395 g/mol. The molecular weight excluding hydrogens is 370 g/mol. The number of nitrogens with one attached hydrogen (secondary N) is 1. The van der Waals surface area contributed by atoms with E-state index in [4.69, 9.17) is 0 Å². The van der Waals surface area contributed by atoms with Crippen LogP contribution in [0.1, 0.15) is 25.5 Å². The van der Waals surface area contributed by atoms with E-state index in [1.165, 1.54) is 12.6 Å². The van der Waals surface area contributed by atoms with Gasteiger partial charge in [-0.2, -0.15) is 10.1 Å². The van der Waals surface area contributed by atoms with Crippen molar-refractivity contribution in [2.75, 3.05) is 26.2 Å². The summed E-state index contributed by atoms with van der Waals surface area (Å²) in [5.74, 6) is 0.657. The van der Waals surface area contributed by atoms with Gasteiger partial charge in [-0.05, 0) is 19.4 Å². The fourth-order valence-corrected chi connectivity index (χ4v) is 3.46. The van der Waals surface area contributed by atoms with Crippen molar-refractivity contribution in [1.82, 2.24) is 34.5 Å². The number of piperazine rings is 1. The Labute approximate surface area is 168 Å². The first-order valence-corrected chi connectivity index (χ1v) is 9.84. The summed E-state index contributed by atoms with van der Waals surface area (Å²) in [4.78, 5) is 35.4. The van der Waals surface area contributed by atoms with Crippen LogP contribution in [0.2, 0.25) is 0 Å². The van der Waals surface area contributed by atoms with Crippen molar-refractivity contribution in [3.05, 3.63) is 50.7 Å². The molecule has 29 heavy (non-hydrogen) atoms. The number of rotatable bonds is 4. The Morgan fingerprint density at radius 2 is 1.76 bits per heavy atom. The van der Waals surface area contributed by atoms with Crippen molar-refractivity contribution in [3.8, 4) is 22.9 Å². The Balaban J connectivity index is 1.72. The summed E-state index contributed by atoms with van der Waals surface area (Å²) in [6.07, 6.45) is 0. The molecule has 3 aliphatic rings. The van der Waals surface area contributed by atoms with E-state index >= 15 is 0 Å². The first kappa shape index (κ1) is 19.4. The van der Waals surface area contributed by atoms with Gasteiger partial charge in [-0.15, -0.1) is 0 Å². The van der Waals surface area contributed by atoms with Crippen LogP contribution >= 0.6 is 0 Å². The summed E-state index contributed by atoms with van der Waals surface area (Å²) in [6.45, 7) is 8.89. The van der Waals surface area contributed by atoms with E-state index in [9.17, 15) is 9.59 Å². The highest BCUT2D eigenvalue weighted by molar-refractivity contribution is 5.59. The second kappa shape index (κ2) is 7.84. The van der Waals surface area contributed by atoms with Crippen LogP contribution in [-0.2, 0) is 13.6 Å². The standard InChI is InChI=1S/C20H25N7O2/c1-13(2)27-18-16(19(28)25(3)20(29)23-18)22-17(24-27)15-6-4-14(5-7-15)12-26-10-8-21-9-11-26/h4-7,13,21H,8-12H2,1-3H3. The molecule has 1 N–H and O–H groups in total. The smallest absolute Gasteiger partial charge is 0.314 e. The normalized spacial score (nSPS) is 15.3. The molecule has 0 radical (unpaired) electrons. The molecule has 152 valence electrons. The summed E-state index contributed by atoms with van der Waals surface area (Å²) in [5.41, 5.74) is 1.12. The van der Waals surface area contributed by atoms with Gasteiger partial charge in [-0.25, -0.2) is 14.5 Å². The van der Waals surface area contributed by atoms with E-state index in [0.717, 1.165) is 42.9 Å². The van der Waals surface area contributed by atoms with Gasteiger partial charge in [0.2, 0.25) is 0 Å². The number of nitrogens with zero attached hydrogens (tertiary/aromatic N) is 6. The van der Waals surface area contributed by atoms with E-state index in [1.807, 2.05) is 26.0 Å². The van der Waals surface area contributed by atoms with Gasteiger partial charge in [0.15, 0.2) is 17.3 Å². The summed E-state index contributed by atoms with van der Waals surface area (Å²) in [6, 6.07) is 8.01. The molecule has 1 aromatic carbocycles. The van der Waals surface area contributed by atoms with Crippen LogP contribution in [0.3, 0.4) is 0 Å². The Bertz CT molecular complexity index is 1100. The lowest BCUT2D eigenvalue weighted by atomic mass is 10.1. The molecule has 3 aliphatic heterocycles. The molecule has 1 aromatic rings. The van der Waals surface area contributed by atoms with Crippen molar-refractivity contribution in [1.29, 1.82) is 0 Å². The van der Waals surface area contributed by atoms with Crippen LogP contribution in [0.5, 0.6) is 0 Å². The molecule has 9 heteroatoms. The number of hydrogen-bond donors (Lipinski definition) is 1. The average Bonchev–Trinajstić information content (AvgIpc) is 2.73. The molecule has 3 heterocycles. The topological polar surface area (TPSA) is 97.9 Å². The minimum absolute atomic E-state index is 0.0785. The van der Waals surface area contributed by atoms with Crippen molar-refractivity contribution in [2.24, 2.45) is 7.05 Å².